The van der Waals surface area contributed by atoms with Crippen LogP contribution in [0.1, 0.15) is 0 Å². The van der Waals surface area contributed by atoms with Crippen molar-refractivity contribution < 1.29 is 0 Å². The molecule has 11 rings (SSSR count). The lowest BCUT2D eigenvalue weighted by molar-refractivity contribution is 1.63. The molecule has 0 saturated heterocycles. The Morgan fingerprint density at radius 2 is 0.574 bits per heavy atom. The van der Waals surface area contributed by atoms with Crippen LogP contribution in [0.3, 0.4) is 0 Å². The van der Waals surface area contributed by atoms with Crippen molar-refractivity contribution in [3.63, 3.8) is 0 Å². The van der Waals surface area contributed by atoms with Crippen molar-refractivity contribution in [1.82, 2.24) is 0 Å². The van der Waals surface area contributed by atoms with E-state index in [1.165, 1.54) is 109 Å². The Morgan fingerprint density at radius 1 is 0.167 bits per heavy atom. The molecule has 0 N–H and O–H groups in total. The Kier molecular flexibility index (Phi) is 6.97. The van der Waals surface area contributed by atoms with Gasteiger partial charge in [-0.25, -0.2) is 0 Å². The van der Waals surface area contributed by atoms with Gasteiger partial charge in [-0.2, -0.15) is 0 Å². The van der Waals surface area contributed by atoms with Crippen LogP contribution in [-0.4, -0.2) is 0 Å². The first-order chi connectivity index (χ1) is 26.7. The van der Waals surface area contributed by atoms with Crippen LogP contribution >= 0.6 is 0 Å². The average molecular weight is 683 g/mol. The van der Waals surface area contributed by atoms with E-state index < -0.39 is 0 Å². The summed E-state index contributed by atoms with van der Waals surface area (Å²) >= 11 is 0. The third-order valence-corrected chi connectivity index (χ3v) is 11.4. The average Bonchev–Trinajstić information content (AvgIpc) is 3.24. The maximum absolute atomic E-state index is 2.42. The number of rotatable bonds is 4. The van der Waals surface area contributed by atoms with E-state index >= 15 is 0 Å². The summed E-state index contributed by atoms with van der Waals surface area (Å²) in [5, 5.41) is 15.1. The molecule has 0 aliphatic rings. The molecule has 0 unspecified atom stereocenters. The number of benzene rings is 11. The van der Waals surface area contributed by atoms with Gasteiger partial charge in [0.05, 0.1) is 0 Å². The summed E-state index contributed by atoms with van der Waals surface area (Å²) in [5.41, 5.74) is 9.85. The fraction of sp³-hybridized carbons (Fsp3) is 0. The van der Waals surface area contributed by atoms with Crippen LogP contribution < -0.4 is 0 Å². The molecule has 0 atom stereocenters. The van der Waals surface area contributed by atoms with E-state index in [0.717, 1.165) is 0 Å². The van der Waals surface area contributed by atoms with Crippen LogP contribution in [0.5, 0.6) is 0 Å². The van der Waals surface area contributed by atoms with Crippen LogP contribution in [0.4, 0.5) is 0 Å². The predicted octanol–water partition coefficient (Wildman–Crippen LogP) is 15.3. The highest BCUT2D eigenvalue weighted by Crippen LogP contribution is 2.47. The number of fused-ring (bicyclic) bond motifs is 7. The quantitative estimate of drug-likeness (QED) is 0.128. The van der Waals surface area contributed by atoms with Gasteiger partial charge < -0.3 is 0 Å². The third kappa shape index (κ3) is 4.99. The lowest BCUT2D eigenvalue weighted by Crippen LogP contribution is -1.93. The zero-order chi connectivity index (χ0) is 35.6. The second kappa shape index (κ2) is 12.3. The minimum atomic E-state index is 1.22. The lowest BCUT2D eigenvalue weighted by Gasteiger charge is -2.20. The van der Waals surface area contributed by atoms with Crippen molar-refractivity contribution >= 4 is 64.6 Å². The van der Waals surface area contributed by atoms with E-state index in [0.29, 0.717) is 0 Å². The molecule has 0 saturated carbocycles. The maximum Gasteiger partial charge on any atom is -0.00259 e. The summed E-state index contributed by atoms with van der Waals surface area (Å²) in [6.45, 7) is 0. The largest absolute Gasteiger partial charge is 0.0622 e. The van der Waals surface area contributed by atoms with Gasteiger partial charge in [-0.15, -0.1) is 0 Å². The maximum atomic E-state index is 2.42. The van der Waals surface area contributed by atoms with E-state index in [2.05, 4.69) is 206 Å². The molecule has 0 aliphatic heterocycles. The summed E-state index contributed by atoms with van der Waals surface area (Å²) in [6.07, 6.45) is 0. The third-order valence-electron chi connectivity index (χ3n) is 11.4. The van der Waals surface area contributed by atoms with Crippen LogP contribution in [0.25, 0.3) is 109 Å². The summed E-state index contributed by atoms with van der Waals surface area (Å²) in [5.74, 6) is 0. The molecule has 0 spiro atoms. The van der Waals surface area contributed by atoms with E-state index in [-0.39, 0.29) is 0 Å². The van der Waals surface area contributed by atoms with E-state index in [9.17, 15) is 0 Å². The number of hydrogen-bond acceptors (Lipinski definition) is 0. The Hall–Kier alpha value is -7.02. The van der Waals surface area contributed by atoms with Gasteiger partial charge in [0.1, 0.15) is 0 Å². The smallest absolute Gasteiger partial charge is 0.00259 e. The molecule has 11 aromatic carbocycles. The van der Waals surface area contributed by atoms with E-state index in [1.807, 2.05) is 0 Å². The van der Waals surface area contributed by atoms with Gasteiger partial charge in [0, 0.05) is 0 Å². The fourth-order valence-electron chi connectivity index (χ4n) is 8.73. The molecule has 54 heavy (non-hydrogen) atoms. The molecule has 0 amide bonds. The highest BCUT2D eigenvalue weighted by atomic mass is 14.2. The Bertz CT molecular complexity index is 3240. The molecule has 0 heteroatoms. The van der Waals surface area contributed by atoms with Crippen molar-refractivity contribution in [2.45, 2.75) is 0 Å². The Labute approximate surface area is 314 Å². The number of hydrogen-bond donors (Lipinski definition) is 0. The predicted molar refractivity (Wildman–Crippen MR) is 233 cm³/mol. The lowest BCUT2D eigenvalue weighted by atomic mass is 9.83. The minimum absolute atomic E-state index is 1.22. The van der Waals surface area contributed by atoms with Crippen LogP contribution in [0, 0.1) is 0 Å². The summed E-state index contributed by atoms with van der Waals surface area (Å²) in [6, 6.07) is 76.3. The monoisotopic (exact) mass is 682 g/mol. The van der Waals surface area contributed by atoms with Crippen LogP contribution in [0.2, 0.25) is 0 Å². The first-order valence-electron chi connectivity index (χ1n) is 18.7. The molecule has 0 heterocycles. The van der Waals surface area contributed by atoms with Crippen molar-refractivity contribution in [2.24, 2.45) is 0 Å². The molecule has 11 aromatic rings. The molecule has 0 radical (unpaired) electrons. The molecule has 0 aliphatic carbocycles. The van der Waals surface area contributed by atoms with Gasteiger partial charge in [0.15, 0.2) is 0 Å². The first-order valence-corrected chi connectivity index (χ1v) is 18.7. The van der Waals surface area contributed by atoms with Crippen molar-refractivity contribution in [1.29, 1.82) is 0 Å². The Morgan fingerprint density at radius 3 is 1.17 bits per heavy atom. The van der Waals surface area contributed by atoms with Gasteiger partial charge in [0.25, 0.3) is 0 Å². The van der Waals surface area contributed by atoms with Gasteiger partial charge in [-0.3, -0.25) is 0 Å². The highest BCUT2D eigenvalue weighted by Gasteiger charge is 2.19. The van der Waals surface area contributed by atoms with Gasteiger partial charge >= 0.3 is 0 Å². The fourth-order valence-corrected chi connectivity index (χ4v) is 8.73. The van der Waals surface area contributed by atoms with Crippen molar-refractivity contribution in [3.05, 3.63) is 206 Å². The van der Waals surface area contributed by atoms with Gasteiger partial charge in [-0.05, 0) is 146 Å². The standard InChI is InChI=1S/C54H34/c1-3-11-35(12-4-1)41-24-28-49-51(33-41)53(45-22-19-37-15-7-8-16-38(37)30-45)48-27-23-42(36-13-5-2-6-14-36)34-52(48)54(49)46-25-26-47-43(31-46)20-21-44-29-39-17-9-10-18-40(39)32-50(44)47/h1-34H. The van der Waals surface area contributed by atoms with Gasteiger partial charge in [-0.1, -0.05) is 170 Å². The Balaban J connectivity index is 1.25. The normalized spacial score (nSPS) is 11.7. The zero-order valence-electron chi connectivity index (χ0n) is 29.6. The second-order valence-electron chi connectivity index (χ2n) is 14.5. The molecular formula is C54H34. The van der Waals surface area contributed by atoms with E-state index in [4.69, 9.17) is 0 Å². The summed E-state index contributed by atoms with van der Waals surface area (Å²) in [7, 11) is 0. The SMILES string of the molecule is c1ccc(-c2ccc3c(-c4ccc5c(ccc6cc7ccccc7cc65)c4)c4cc(-c5ccccc5)ccc4c(-c4ccc5ccccc5c4)c3c2)cc1. The minimum Gasteiger partial charge on any atom is -0.0622 e. The molecule has 250 valence electrons. The van der Waals surface area contributed by atoms with Crippen LogP contribution in [0.15, 0.2) is 206 Å². The zero-order valence-corrected chi connectivity index (χ0v) is 29.6. The summed E-state index contributed by atoms with van der Waals surface area (Å²) in [4.78, 5) is 0. The van der Waals surface area contributed by atoms with Crippen molar-refractivity contribution in [2.75, 3.05) is 0 Å². The first kappa shape index (κ1) is 30.6. The van der Waals surface area contributed by atoms with Crippen LogP contribution in [-0.2, 0) is 0 Å². The molecule has 0 nitrogen and oxygen atoms in total. The summed E-state index contributed by atoms with van der Waals surface area (Å²) < 4.78 is 0. The molecular weight excluding hydrogens is 649 g/mol. The topological polar surface area (TPSA) is 0 Å². The molecule has 0 fully saturated rings. The van der Waals surface area contributed by atoms with Crippen molar-refractivity contribution in [3.8, 4) is 44.5 Å². The second-order valence-corrected chi connectivity index (χ2v) is 14.5. The molecule has 0 aromatic heterocycles. The van der Waals surface area contributed by atoms with Gasteiger partial charge in [0.2, 0.25) is 0 Å². The van der Waals surface area contributed by atoms with E-state index in [1.54, 1.807) is 0 Å². The highest BCUT2D eigenvalue weighted by molar-refractivity contribution is 6.23. The molecule has 0 bridgehead atoms.